The summed E-state index contributed by atoms with van der Waals surface area (Å²) in [5.41, 5.74) is 0.978. The number of hydrogen-bond acceptors (Lipinski definition) is 5. The van der Waals surface area contributed by atoms with E-state index in [1.54, 1.807) is 22.1 Å². The van der Waals surface area contributed by atoms with Gasteiger partial charge in [0, 0.05) is 26.1 Å². The van der Waals surface area contributed by atoms with Crippen molar-refractivity contribution in [2.75, 3.05) is 19.9 Å². The Morgan fingerprint density at radius 1 is 1.26 bits per heavy atom. The van der Waals surface area contributed by atoms with Gasteiger partial charge in [-0.1, -0.05) is 6.07 Å². The van der Waals surface area contributed by atoms with Crippen molar-refractivity contribution in [1.82, 2.24) is 9.80 Å². The van der Waals surface area contributed by atoms with E-state index in [9.17, 15) is 9.59 Å². The van der Waals surface area contributed by atoms with Crippen LogP contribution >= 0.6 is 0 Å². The third-order valence-electron chi connectivity index (χ3n) is 4.99. The fourth-order valence-electron chi connectivity index (χ4n) is 3.54. The molecule has 7 heteroatoms. The fraction of sp³-hybridized carbons (Fsp3) is 0.400. The van der Waals surface area contributed by atoms with Crippen molar-refractivity contribution in [3.05, 3.63) is 47.9 Å². The van der Waals surface area contributed by atoms with Crippen molar-refractivity contribution in [2.24, 2.45) is 5.92 Å². The summed E-state index contributed by atoms with van der Waals surface area (Å²) in [6.07, 6.45) is 1.83. The van der Waals surface area contributed by atoms with Crippen LogP contribution in [0.2, 0.25) is 0 Å². The molecule has 2 aliphatic heterocycles. The number of furan rings is 1. The molecule has 2 aliphatic rings. The topological polar surface area (TPSA) is 72.2 Å². The molecule has 0 bridgehead atoms. The summed E-state index contributed by atoms with van der Waals surface area (Å²) < 4.78 is 16.0. The van der Waals surface area contributed by atoms with Crippen molar-refractivity contribution in [2.45, 2.75) is 26.4 Å². The number of hydrogen-bond donors (Lipinski definition) is 0. The molecule has 1 fully saturated rings. The van der Waals surface area contributed by atoms with Crippen LogP contribution in [0.15, 0.2) is 41.0 Å². The minimum atomic E-state index is -0.318. The summed E-state index contributed by atoms with van der Waals surface area (Å²) in [5, 5.41) is 0. The molecule has 4 rings (SSSR count). The van der Waals surface area contributed by atoms with E-state index in [-0.39, 0.29) is 30.9 Å². The zero-order valence-electron chi connectivity index (χ0n) is 15.2. The highest BCUT2D eigenvalue weighted by Gasteiger charge is 2.36. The predicted molar refractivity (Wildman–Crippen MR) is 95.9 cm³/mol. The molecule has 0 N–H and O–H groups in total. The number of amides is 2. The van der Waals surface area contributed by atoms with Crippen LogP contribution in [0.3, 0.4) is 0 Å². The van der Waals surface area contributed by atoms with Crippen LogP contribution in [0, 0.1) is 5.92 Å². The summed E-state index contributed by atoms with van der Waals surface area (Å²) in [4.78, 5) is 28.7. The molecule has 1 saturated heterocycles. The lowest BCUT2D eigenvalue weighted by atomic mass is 10.1. The Hall–Kier alpha value is -2.96. The number of nitrogens with zero attached hydrogens (tertiary/aromatic N) is 2. The normalized spacial score (nSPS) is 18.2. The molecule has 0 saturated carbocycles. The van der Waals surface area contributed by atoms with Crippen LogP contribution < -0.4 is 9.47 Å². The Morgan fingerprint density at radius 2 is 2.11 bits per heavy atom. The second-order valence-electron chi connectivity index (χ2n) is 6.79. The van der Waals surface area contributed by atoms with E-state index in [0.717, 1.165) is 17.1 Å². The minimum Gasteiger partial charge on any atom is -0.467 e. The van der Waals surface area contributed by atoms with Crippen LogP contribution in [-0.2, 0) is 22.7 Å². The molecule has 0 radical (unpaired) electrons. The van der Waals surface area contributed by atoms with E-state index in [1.807, 2.05) is 31.2 Å². The van der Waals surface area contributed by atoms with Gasteiger partial charge >= 0.3 is 0 Å². The molecule has 1 unspecified atom stereocenters. The van der Waals surface area contributed by atoms with Crippen molar-refractivity contribution in [3.63, 3.8) is 0 Å². The third-order valence-corrected chi connectivity index (χ3v) is 4.99. The maximum Gasteiger partial charge on any atom is 0.231 e. The first-order chi connectivity index (χ1) is 13.1. The van der Waals surface area contributed by atoms with E-state index in [4.69, 9.17) is 13.9 Å². The first-order valence-corrected chi connectivity index (χ1v) is 9.11. The Morgan fingerprint density at radius 3 is 2.89 bits per heavy atom. The number of carbonyl (C=O) groups excluding carboxylic acids is 2. The van der Waals surface area contributed by atoms with Crippen molar-refractivity contribution < 1.29 is 23.5 Å². The maximum absolute atomic E-state index is 13.0. The molecule has 7 nitrogen and oxygen atoms in total. The standard InChI is InChI=1S/C20H22N2O5/c1-2-21(10-14-5-6-17-18(8-14)27-13-26-17)20(24)15-9-19(23)22(11-15)12-16-4-3-7-25-16/h3-8,15H,2,9-13H2,1H3. The molecule has 0 aliphatic carbocycles. The second kappa shape index (κ2) is 7.34. The van der Waals surface area contributed by atoms with E-state index < -0.39 is 0 Å². The molecule has 1 aromatic carbocycles. The molecule has 1 aromatic heterocycles. The molecule has 2 amide bonds. The Kier molecular flexibility index (Phi) is 4.75. The largest absolute Gasteiger partial charge is 0.467 e. The van der Waals surface area contributed by atoms with E-state index in [1.165, 1.54) is 0 Å². The smallest absolute Gasteiger partial charge is 0.231 e. The van der Waals surface area contributed by atoms with Gasteiger partial charge in [-0.2, -0.15) is 0 Å². The van der Waals surface area contributed by atoms with Crippen LogP contribution in [0.1, 0.15) is 24.7 Å². The molecule has 2 aromatic rings. The highest BCUT2D eigenvalue weighted by atomic mass is 16.7. The van der Waals surface area contributed by atoms with Crippen LogP contribution in [0.25, 0.3) is 0 Å². The minimum absolute atomic E-state index is 0.00506. The summed E-state index contributed by atoms with van der Waals surface area (Å²) in [7, 11) is 0. The summed E-state index contributed by atoms with van der Waals surface area (Å²) in [5.74, 6) is 1.83. The van der Waals surface area contributed by atoms with Gasteiger partial charge in [0.05, 0.1) is 18.7 Å². The van der Waals surface area contributed by atoms with Gasteiger partial charge in [-0.25, -0.2) is 0 Å². The molecule has 27 heavy (non-hydrogen) atoms. The molecule has 3 heterocycles. The summed E-state index contributed by atoms with van der Waals surface area (Å²) >= 11 is 0. The van der Waals surface area contributed by atoms with Gasteiger partial charge in [0.25, 0.3) is 0 Å². The van der Waals surface area contributed by atoms with Crippen molar-refractivity contribution >= 4 is 11.8 Å². The third kappa shape index (κ3) is 3.63. The number of fused-ring (bicyclic) bond motifs is 1. The van der Waals surface area contributed by atoms with Crippen molar-refractivity contribution in [3.8, 4) is 11.5 Å². The number of rotatable bonds is 6. The monoisotopic (exact) mass is 370 g/mol. The Bertz CT molecular complexity index is 833. The number of likely N-dealkylation sites (tertiary alicyclic amines) is 1. The van der Waals surface area contributed by atoms with Gasteiger partial charge in [0.15, 0.2) is 11.5 Å². The van der Waals surface area contributed by atoms with Gasteiger partial charge in [-0.15, -0.1) is 0 Å². The zero-order chi connectivity index (χ0) is 18.8. The lowest BCUT2D eigenvalue weighted by Gasteiger charge is -2.24. The Balaban J connectivity index is 1.40. The average Bonchev–Trinajstić information content (AvgIpc) is 3.41. The number of benzene rings is 1. The predicted octanol–water partition coefficient (Wildman–Crippen LogP) is 2.41. The van der Waals surface area contributed by atoms with E-state index in [2.05, 4.69) is 0 Å². The van der Waals surface area contributed by atoms with E-state index >= 15 is 0 Å². The van der Waals surface area contributed by atoms with Gasteiger partial charge in [0.2, 0.25) is 18.6 Å². The summed E-state index contributed by atoms with van der Waals surface area (Å²) in [6, 6.07) is 9.33. The second-order valence-corrected chi connectivity index (χ2v) is 6.79. The first-order valence-electron chi connectivity index (χ1n) is 9.11. The van der Waals surface area contributed by atoms with Gasteiger partial charge in [-0.05, 0) is 36.8 Å². The molecule has 142 valence electrons. The molecule has 1 atom stereocenters. The number of ether oxygens (including phenoxy) is 2. The lowest BCUT2D eigenvalue weighted by Crippen LogP contribution is -2.36. The number of carbonyl (C=O) groups is 2. The van der Waals surface area contributed by atoms with Crippen LogP contribution in [-0.4, -0.2) is 41.5 Å². The van der Waals surface area contributed by atoms with Gasteiger partial charge < -0.3 is 23.7 Å². The van der Waals surface area contributed by atoms with Gasteiger partial charge in [-0.3, -0.25) is 9.59 Å². The first kappa shape index (κ1) is 17.5. The molecular weight excluding hydrogens is 348 g/mol. The van der Waals surface area contributed by atoms with Crippen LogP contribution in [0.4, 0.5) is 0 Å². The Labute approximate surface area is 157 Å². The summed E-state index contributed by atoms with van der Waals surface area (Å²) in [6.45, 7) is 4.07. The zero-order valence-corrected chi connectivity index (χ0v) is 15.2. The van der Waals surface area contributed by atoms with E-state index in [0.29, 0.717) is 31.9 Å². The SMILES string of the molecule is CCN(Cc1ccc2c(c1)OCO2)C(=O)C1CC(=O)N(Cc2ccco2)C1. The maximum atomic E-state index is 13.0. The van der Waals surface area contributed by atoms with Gasteiger partial charge in [0.1, 0.15) is 5.76 Å². The quantitative estimate of drug-likeness (QED) is 0.781. The fourth-order valence-corrected chi connectivity index (χ4v) is 3.54. The van der Waals surface area contributed by atoms with Crippen molar-refractivity contribution in [1.29, 1.82) is 0 Å². The highest BCUT2D eigenvalue weighted by Crippen LogP contribution is 2.33. The molecular formula is C20H22N2O5. The molecule has 0 spiro atoms. The lowest BCUT2D eigenvalue weighted by molar-refractivity contribution is -0.136. The average molecular weight is 370 g/mol. The van der Waals surface area contributed by atoms with Crippen LogP contribution in [0.5, 0.6) is 11.5 Å². The highest BCUT2D eigenvalue weighted by molar-refractivity contribution is 5.89.